The van der Waals surface area contributed by atoms with E-state index >= 15 is 0 Å². The Morgan fingerprint density at radius 2 is 1.61 bits per heavy atom. The minimum absolute atomic E-state index is 0. The molecule has 2 rings (SSSR count). The van der Waals surface area contributed by atoms with Gasteiger partial charge in [0.2, 0.25) is 5.91 Å². The van der Waals surface area contributed by atoms with Crippen LogP contribution in [0.1, 0.15) is 19.4 Å². The van der Waals surface area contributed by atoms with Gasteiger partial charge in [-0.05, 0) is 19.4 Å². The second kappa shape index (κ2) is 8.63. The number of nitrogens with one attached hydrogen (secondary N) is 1. The van der Waals surface area contributed by atoms with Crippen LogP contribution in [0.15, 0.2) is 30.3 Å². The van der Waals surface area contributed by atoms with Crippen LogP contribution in [0.5, 0.6) is 0 Å². The average Bonchev–Trinajstić information content (AvgIpc) is 2.54. The van der Waals surface area contributed by atoms with E-state index in [0.29, 0.717) is 5.29 Å². The van der Waals surface area contributed by atoms with E-state index in [9.17, 15) is 9.59 Å². The Balaban J connectivity index is 0.00000392. The molecule has 0 aliphatic carbocycles. The monoisotopic (exact) mass is 440 g/mol. The third-order valence-corrected chi connectivity index (χ3v) is 14.2. The van der Waals surface area contributed by atoms with E-state index in [2.05, 4.69) is 49.5 Å². The van der Waals surface area contributed by atoms with E-state index in [1.807, 2.05) is 44.2 Å². The fourth-order valence-corrected chi connectivity index (χ4v) is 17.3. The first-order valence-electron chi connectivity index (χ1n) is 9.56. The third kappa shape index (κ3) is 5.21. The van der Waals surface area contributed by atoms with Crippen molar-refractivity contribution in [2.24, 2.45) is 0 Å². The van der Waals surface area contributed by atoms with Gasteiger partial charge in [0, 0.05) is 5.29 Å². The number of carbonyl (C=O) groups is 2. The maximum atomic E-state index is 13.0. The molecule has 1 fully saturated rings. The van der Waals surface area contributed by atoms with Crippen molar-refractivity contribution in [2.45, 2.75) is 76.6 Å². The summed E-state index contributed by atoms with van der Waals surface area (Å²) in [6.45, 7) is 18.3. The Kier molecular flexibility index (Phi) is 7.64. The fraction of sp³-hybridized carbons (Fsp3) is 0.600. The van der Waals surface area contributed by atoms with Gasteiger partial charge in [0.1, 0.15) is 12.6 Å². The van der Waals surface area contributed by atoms with E-state index in [-0.39, 0.29) is 26.0 Å². The van der Waals surface area contributed by atoms with Crippen LogP contribution in [0.3, 0.4) is 0 Å². The summed E-state index contributed by atoms with van der Waals surface area (Å²) in [7, 11) is -3.18. The molecular weight excluding hydrogens is 404 g/mol. The standard InChI is InChI=1S/C20H34N2O3Si2.H2S/c1-20(2)16(21-18(24)25-14-15-12-10-9-11-13-15)17(23)22(20)19(26(3,4)5)27(6,7)8;/h9-13,16,19H,14H2,1-8H3,(H,21,24);1H2/t16-;/m1./s1. The number of ether oxygens (including phenoxy) is 1. The van der Waals surface area contributed by atoms with Gasteiger partial charge in [0.15, 0.2) is 0 Å². The van der Waals surface area contributed by atoms with Crippen LogP contribution in [0.25, 0.3) is 0 Å². The quantitative estimate of drug-likeness (QED) is 0.534. The van der Waals surface area contributed by atoms with Gasteiger partial charge < -0.3 is 15.0 Å². The highest BCUT2D eigenvalue weighted by molar-refractivity contribution is 7.59. The summed E-state index contributed by atoms with van der Waals surface area (Å²) in [6, 6.07) is 9.00. The largest absolute Gasteiger partial charge is 0.445 e. The Morgan fingerprint density at radius 1 is 1.11 bits per heavy atom. The Hall–Kier alpha value is -1.26. The van der Waals surface area contributed by atoms with Crippen LogP contribution < -0.4 is 5.32 Å². The first kappa shape index (κ1) is 24.8. The van der Waals surface area contributed by atoms with Crippen molar-refractivity contribution in [3.05, 3.63) is 35.9 Å². The summed E-state index contributed by atoms with van der Waals surface area (Å²) in [6.07, 6.45) is -0.539. The highest BCUT2D eigenvalue weighted by atomic mass is 32.1. The molecule has 1 heterocycles. The summed E-state index contributed by atoms with van der Waals surface area (Å²) < 4.78 is 5.30. The van der Waals surface area contributed by atoms with Crippen molar-refractivity contribution in [2.75, 3.05) is 0 Å². The van der Waals surface area contributed by atoms with Gasteiger partial charge >= 0.3 is 6.09 Å². The van der Waals surface area contributed by atoms with Crippen molar-refractivity contribution in [1.29, 1.82) is 0 Å². The van der Waals surface area contributed by atoms with Gasteiger partial charge in [0.05, 0.1) is 21.7 Å². The molecule has 28 heavy (non-hydrogen) atoms. The molecule has 1 saturated heterocycles. The van der Waals surface area contributed by atoms with Crippen molar-refractivity contribution in [1.82, 2.24) is 10.2 Å². The number of β-lactam (4-membered cyclic amide) rings is 1. The molecule has 0 radical (unpaired) electrons. The average molecular weight is 441 g/mol. The minimum atomic E-state index is -1.59. The molecule has 1 aromatic carbocycles. The Morgan fingerprint density at radius 3 is 2.04 bits per heavy atom. The highest BCUT2D eigenvalue weighted by Gasteiger charge is 2.61. The molecule has 8 heteroatoms. The van der Waals surface area contributed by atoms with Gasteiger partial charge in [-0.1, -0.05) is 69.6 Å². The van der Waals surface area contributed by atoms with Crippen LogP contribution in [0.4, 0.5) is 4.79 Å². The van der Waals surface area contributed by atoms with Crippen LogP contribution in [-0.4, -0.2) is 49.9 Å². The maximum Gasteiger partial charge on any atom is 0.408 e. The van der Waals surface area contributed by atoms with Gasteiger partial charge in [-0.15, -0.1) is 0 Å². The van der Waals surface area contributed by atoms with Gasteiger partial charge in [-0.2, -0.15) is 13.5 Å². The molecule has 2 amide bonds. The summed E-state index contributed by atoms with van der Waals surface area (Å²) in [5.74, 6) is 0.0199. The zero-order valence-electron chi connectivity index (χ0n) is 18.4. The number of likely N-dealkylation sites (tertiary alicyclic amines) is 1. The second-order valence-corrected chi connectivity index (χ2v) is 21.3. The summed E-state index contributed by atoms with van der Waals surface area (Å²) in [5.41, 5.74) is 0.514. The molecule has 0 aromatic heterocycles. The van der Waals surface area contributed by atoms with Crippen molar-refractivity contribution >= 4 is 41.6 Å². The predicted octanol–water partition coefficient (Wildman–Crippen LogP) is 4.14. The van der Waals surface area contributed by atoms with Crippen LogP contribution in [-0.2, 0) is 16.1 Å². The molecular formula is C20H36N2O3SSi2. The number of nitrogens with zero attached hydrogens (tertiary/aromatic N) is 1. The second-order valence-electron chi connectivity index (χ2n) is 10.1. The maximum absolute atomic E-state index is 13.0. The van der Waals surface area contributed by atoms with Gasteiger partial charge in [0.25, 0.3) is 0 Å². The van der Waals surface area contributed by atoms with Gasteiger partial charge in [-0.3, -0.25) is 4.79 Å². The summed E-state index contributed by atoms with van der Waals surface area (Å²) in [4.78, 5) is 27.3. The van der Waals surface area contributed by atoms with E-state index in [0.717, 1.165) is 5.56 Å². The van der Waals surface area contributed by atoms with Crippen LogP contribution in [0, 0.1) is 0 Å². The lowest BCUT2D eigenvalue weighted by Crippen LogP contribution is -2.84. The Labute approximate surface area is 178 Å². The number of amides is 2. The number of benzene rings is 1. The number of hydrogen-bond donors (Lipinski definition) is 1. The van der Waals surface area contributed by atoms with Crippen molar-refractivity contribution < 1.29 is 14.3 Å². The number of alkyl carbamates (subject to hydrolysis) is 1. The van der Waals surface area contributed by atoms with E-state index < -0.39 is 33.8 Å². The molecule has 1 aliphatic rings. The molecule has 158 valence electrons. The summed E-state index contributed by atoms with van der Waals surface area (Å²) in [5, 5.41) is 3.12. The molecule has 1 aromatic rings. The molecule has 0 spiro atoms. The SMILES string of the molecule is CC1(C)[C@H](NC(=O)OCc2ccccc2)C(=O)N1C([Si](C)(C)C)[Si](C)(C)C.S. The molecule has 5 nitrogen and oxygen atoms in total. The lowest BCUT2D eigenvalue weighted by atomic mass is 9.83. The normalized spacial score (nSPS) is 19.0. The molecule has 0 bridgehead atoms. The van der Waals surface area contributed by atoms with Gasteiger partial charge in [-0.25, -0.2) is 4.79 Å². The fourth-order valence-electron chi connectivity index (χ4n) is 4.45. The topological polar surface area (TPSA) is 58.6 Å². The number of rotatable bonds is 6. The third-order valence-electron chi connectivity index (χ3n) is 5.19. The van der Waals surface area contributed by atoms with Crippen LogP contribution >= 0.6 is 13.5 Å². The molecule has 0 unspecified atom stereocenters. The van der Waals surface area contributed by atoms with Crippen molar-refractivity contribution in [3.8, 4) is 0 Å². The van der Waals surface area contributed by atoms with E-state index in [1.165, 1.54) is 0 Å². The minimum Gasteiger partial charge on any atom is -0.445 e. The number of hydrogen-bond acceptors (Lipinski definition) is 3. The molecule has 1 atom stereocenters. The predicted molar refractivity (Wildman–Crippen MR) is 125 cm³/mol. The zero-order valence-corrected chi connectivity index (χ0v) is 21.4. The van der Waals surface area contributed by atoms with E-state index in [4.69, 9.17) is 4.74 Å². The lowest BCUT2D eigenvalue weighted by molar-refractivity contribution is -0.159. The van der Waals surface area contributed by atoms with E-state index in [1.54, 1.807) is 0 Å². The first-order valence-corrected chi connectivity index (χ1v) is 16.7. The number of carbonyl (C=O) groups excluding carboxylic acids is 2. The Bertz CT molecular complexity index is 686. The molecule has 1 N–H and O–H groups in total. The summed E-state index contributed by atoms with van der Waals surface area (Å²) >= 11 is 0. The molecule has 0 saturated carbocycles. The smallest absolute Gasteiger partial charge is 0.408 e. The van der Waals surface area contributed by atoms with Crippen LogP contribution in [0.2, 0.25) is 39.3 Å². The zero-order chi connectivity index (χ0) is 20.6. The van der Waals surface area contributed by atoms with Crippen molar-refractivity contribution in [3.63, 3.8) is 0 Å². The first-order chi connectivity index (χ1) is 12.3. The lowest BCUT2D eigenvalue weighted by Gasteiger charge is -2.62. The molecule has 1 aliphatic heterocycles. The highest BCUT2D eigenvalue weighted by Crippen LogP contribution is 2.39.